The number of pyridine rings is 1. The molecule has 3 aromatic carbocycles. The maximum absolute atomic E-state index is 13.2. The van der Waals surface area contributed by atoms with Crippen molar-refractivity contribution in [2.45, 2.75) is 39.3 Å². The van der Waals surface area contributed by atoms with Gasteiger partial charge in [0.2, 0.25) is 0 Å². The lowest BCUT2D eigenvalue weighted by Gasteiger charge is -2.18. The Morgan fingerprint density at radius 2 is 1.74 bits per heavy atom. The van der Waals surface area contributed by atoms with E-state index in [1.807, 2.05) is 72.8 Å². The largest absolute Gasteiger partial charge is 0.494 e. The predicted molar refractivity (Wildman–Crippen MR) is 152 cm³/mol. The van der Waals surface area contributed by atoms with Crippen molar-refractivity contribution in [1.29, 1.82) is 0 Å². The van der Waals surface area contributed by atoms with E-state index in [1.54, 1.807) is 25.1 Å². The SMILES string of the molecule is CCCOc1ccc2cc(C(=O)N(C)Cc3cccc(-c4ccc(C[C@H](OCC)C(=O)O)cn4)c3)ccc2c1. The molecule has 0 spiro atoms. The molecule has 0 fully saturated rings. The normalized spacial score (nSPS) is 11.8. The summed E-state index contributed by atoms with van der Waals surface area (Å²) in [4.78, 5) is 30.8. The number of rotatable bonds is 12. The third-order valence-electron chi connectivity index (χ3n) is 6.41. The summed E-state index contributed by atoms with van der Waals surface area (Å²) in [5.41, 5.74) is 4.10. The number of carbonyl (C=O) groups excluding carboxylic acids is 1. The Balaban J connectivity index is 1.43. The highest BCUT2D eigenvalue weighted by atomic mass is 16.5. The summed E-state index contributed by atoms with van der Waals surface area (Å²) in [5.74, 6) is -0.208. The maximum atomic E-state index is 13.2. The lowest BCUT2D eigenvalue weighted by molar-refractivity contribution is -0.149. The van der Waals surface area contributed by atoms with Gasteiger partial charge in [0.25, 0.3) is 5.91 Å². The van der Waals surface area contributed by atoms with Gasteiger partial charge in [0, 0.05) is 43.9 Å². The Kier molecular flexibility index (Phi) is 9.28. The molecule has 202 valence electrons. The van der Waals surface area contributed by atoms with E-state index in [0.29, 0.717) is 25.3 Å². The third-order valence-corrected chi connectivity index (χ3v) is 6.41. The van der Waals surface area contributed by atoms with Crippen LogP contribution in [0.25, 0.3) is 22.0 Å². The standard InChI is InChI=1S/C32H34N2O5/c1-4-15-39-28-13-12-24-18-27(11-10-25(24)19-28)31(35)34(3)21-23-7-6-8-26(16-23)29-14-9-22(20-33-29)17-30(32(36)37)38-5-2/h6-14,16,18-20,30H,4-5,15,17,21H2,1-3H3,(H,36,37)/t30-/m0/s1. The molecule has 1 aromatic heterocycles. The second-order valence-corrected chi connectivity index (χ2v) is 9.47. The summed E-state index contributed by atoms with van der Waals surface area (Å²) in [6.45, 7) is 5.31. The number of hydrogen-bond acceptors (Lipinski definition) is 5. The van der Waals surface area contributed by atoms with Crippen LogP contribution in [0.5, 0.6) is 5.75 Å². The molecule has 1 atom stereocenters. The minimum absolute atomic E-state index is 0.0571. The Morgan fingerprint density at radius 1 is 0.949 bits per heavy atom. The van der Waals surface area contributed by atoms with E-state index in [0.717, 1.165) is 45.3 Å². The average molecular weight is 527 g/mol. The molecule has 4 aromatic rings. The van der Waals surface area contributed by atoms with Crippen molar-refractivity contribution in [3.05, 3.63) is 95.7 Å². The molecule has 1 N–H and O–H groups in total. The quantitative estimate of drug-likeness (QED) is 0.244. The van der Waals surface area contributed by atoms with Gasteiger partial charge >= 0.3 is 5.97 Å². The van der Waals surface area contributed by atoms with Gasteiger partial charge in [0.15, 0.2) is 6.10 Å². The second-order valence-electron chi connectivity index (χ2n) is 9.47. The van der Waals surface area contributed by atoms with Gasteiger partial charge in [-0.15, -0.1) is 0 Å². The van der Waals surface area contributed by atoms with Crippen LogP contribution in [0.1, 0.15) is 41.8 Å². The molecule has 0 radical (unpaired) electrons. The van der Waals surface area contributed by atoms with Crippen LogP contribution in [0.3, 0.4) is 0 Å². The number of aromatic nitrogens is 1. The molecule has 1 heterocycles. The van der Waals surface area contributed by atoms with Crippen LogP contribution in [-0.4, -0.2) is 53.2 Å². The number of ether oxygens (including phenoxy) is 2. The Hall–Kier alpha value is -4.23. The van der Waals surface area contributed by atoms with Crippen molar-refractivity contribution >= 4 is 22.6 Å². The molecule has 39 heavy (non-hydrogen) atoms. The van der Waals surface area contributed by atoms with Gasteiger partial charge in [-0.2, -0.15) is 0 Å². The molecule has 0 saturated heterocycles. The van der Waals surface area contributed by atoms with Crippen LogP contribution in [0.4, 0.5) is 0 Å². The molecule has 7 nitrogen and oxygen atoms in total. The van der Waals surface area contributed by atoms with Crippen molar-refractivity contribution in [1.82, 2.24) is 9.88 Å². The first-order valence-electron chi connectivity index (χ1n) is 13.2. The molecule has 0 aliphatic heterocycles. The summed E-state index contributed by atoms with van der Waals surface area (Å²) < 4.78 is 11.0. The number of carboxylic acid groups (broad SMARTS) is 1. The average Bonchev–Trinajstić information content (AvgIpc) is 2.95. The van der Waals surface area contributed by atoms with E-state index in [-0.39, 0.29) is 12.3 Å². The monoisotopic (exact) mass is 526 g/mol. The van der Waals surface area contributed by atoms with Gasteiger partial charge in [0.1, 0.15) is 5.75 Å². The van der Waals surface area contributed by atoms with Gasteiger partial charge in [-0.3, -0.25) is 9.78 Å². The van der Waals surface area contributed by atoms with E-state index in [2.05, 4.69) is 11.9 Å². The van der Waals surface area contributed by atoms with Crippen molar-refractivity contribution in [2.24, 2.45) is 0 Å². The topological polar surface area (TPSA) is 89.0 Å². The van der Waals surface area contributed by atoms with Crippen molar-refractivity contribution in [3.63, 3.8) is 0 Å². The molecule has 0 saturated carbocycles. The first kappa shape index (κ1) is 27.8. The Bertz CT molecular complexity index is 1430. The number of carboxylic acids is 1. The van der Waals surface area contributed by atoms with Gasteiger partial charge in [-0.05, 0) is 71.6 Å². The molecule has 4 rings (SSSR count). The van der Waals surface area contributed by atoms with Gasteiger partial charge in [-0.1, -0.05) is 43.3 Å². The molecule has 0 unspecified atom stereocenters. The van der Waals surface area contributed by atoms with Crippen LogP contribution < -0.4 is 4.74 Å². The highest BCUT2D eigenvalue weighted by molar-refractivity contribution is 5.98. The fourth-order valence-corrected chi connectivity index (χ4v) is 4.41. The van der Waals surface area contributed by atoms with Crippen LogP contribution >= 0.6 is 0 Å². The smallest absolute Gasteiger partial charge is 0.333 e. The molecule has 0 bridgehead atoms. The van der Waals surface area contributed by atoms with E-state index >= 15 is 0 Å². The van der Waals surface area contributed by atoms with Crippen molar-refractivity contribution in [3.8, 4) is 17.0 Å². The number of carbonyl (C=O) groups is 2. The predicted octanol–water partition coefficient (Wildman–Crippen LogP) is 6.00. The summed E-state index contributed by atoms with van der Waals surface area (Å²) in [6, 6.07) is 23.3. The maximum Gasteiger partial charge on any atom is 0.333 e. The van der Waals surface area contributed by atoms with Crippen LogP contribution in [-0.2, 0) is 22.5 Å². The number of aliphatic carboxylic acids is 1. The zero-order valence-corrected chi connectivity index (χ0v) is 22.6. The fraction of sp³-hybridized carbons (Fsp3) is 0.281. The van der Waals surface area contributed by atoms with Gasteiger partial charge in [-0.25, -0.2) is 4.79 Å². The van der Waals surface area contributed by atoms with E-state index in [1.165, 1.54) is 0 Å². The summed E-state index contributed by atoms with van der Waals surface area (Å²) >= 11 is 0. The second kappa shape index (κ2) is 13.0. The Morgan fingerprint density at radius 3 is 2.46 bits per heavy atom. The summed E-state index contributed by atoms with van der Waals surface area (Å²) in [7, 11) is 1.80. The lowest BCUT2D eigenvalue weighted by atomic mass is 10.0. The molecular formula is C32H34N2O5. The number of amides is 1. The highest BCUT2D eigenvalue weighted by Crippen LogP contribution is 2.24. The fourth-order valence-electron chi connectivity index (χ4n) is 4.41. The zero-order valence-electron chi connectivity index (χ0n) is 22.6. The first-order chi connectivity index (χ1) is 18.9. The lowest BCUT2D eigenvalue weighted by Crippen LogP contribution is -2.26. The minimum atomic E-state index is -0.984. The number of nitrogens with zero attached hydrogens (tertiary/aromatic N) is 2. The third kappa shape index (κ3) is 7.21. The summed E-state index contributed by atoms with van der Waals surface area (Å²) in [6.07, 6.45) is 2.00. The van der Waals surface area contributed by atoms with Gasteiger partial charge in [0.05, 0.1) is 12.3 Å². The first-order valence-corrected chi connectivity index (χ1v) is 13.2. The van der Waals surface area contributed by atoms with E-state index in [9.17, 15) is 14.7 Å². The van der Waals surface area contributed by atoms with Crippen LogP contribution in [0.15, 0.2) is 79.0 Å². The van der Waals surface area contributed by atoms with Crippen LogP contribution in [0, 0.1) is 0 Å². The van der Waals surface area contributed by atoms with E-state index < -0.39 is 12.1 Å². The van der Waals surface area contributed by atoms with Gasteiger partial charge < -0.3 is 19.5 Å². The summed E-state index contributed by atoms with van der Waals surface area (Å²) in [5, 5.41) is 11.3. The zero-order chi connectivity index (χ0) is 27.8. The van der Waals surface area contributed by atoms with Crippen LogP contribution in [0.2, 0.25) is 0 Å². The molecule has 1 amide bonds. The number of benzene rings is 3. The minimum Gasteiger partial charge on any atom is -0.494 e. The molecular weight excluding hydrogens is 492 g/mol. The number of hydrogen-bond donors (Lipinski definition) is 1. The van der Waals surface area contributed by atoms with Crippen molar-refractivity contribution < 1.29 is 24.2 Å². The Labute approximate surface area is 229 Å². The molecule has 7 heteroatoms. The van der Waals surface area contributed by atoms with Crippen molar-refractivity contribution in [2.75, 3.05) is 20.3 Å². The highest BCUT2D eigenvalue weighted by Gasteiger charge is 2.18. The molecule has 0 aliphatic rings. The van der Waals surface area contributed by atoms with E-state index in [4.69, 9.17) is 9.47 Å². The molecule has 0 aliphatic carbocycles. The number of fused-ring (bicyclic) bond motifs is 1.